The van der Waals surface area contributed by atoms with E-state index in [0.29, 0.717) is 11.8 Å². The van der Waals surface area contributed by atoms with Gasteiger partial charge in [0.1, 0.15) is 11.2 Å². The van der Waals surface area contributed by atoms with Crippen molar-refractivity contribution >= 4 is 12.2 Å². The number of carbonyl (C=O) groups is 2. The largest absolute Gasteiger partial charge is 0.444 e. The second-order valence-corrected chi connectivity index (χ2v) is 9.78. The lowest BCUT2D eigenvalue weighted by Gasteiger charge is -2.22. The third-order valence-corrected chi connectivity index (χ3v) is 4.44. The molecule has 2 saturated heterocycles. The van der Waals surface area contributed by atoms with Crippen molar-refractivity contribution in [2.45, 2.75) is 78.7 Å². The zero-order valence-corrected chi connectivity index (χ0v) is 18.8. The highest BCUT2D eigenvalue weighted by molar-refractivity contribution is 5.68. The predicted octanol–water partition coefficient (Wildman–Crippen LogP) is 2.24. The molecule has 2 aliphatic heterocycles. The number of nitrogens with one attached hydrogen (secondary N) is 4. The Hall–Kier alpha value is -1.54. The van der Waals surface area contributed by atoms with Crippen LogP contribution < -0.4 is 21.3 Å². The molecule has 0 radical (unpaired) electrons. The van der Waals surface area contributed by atoms with Crippen LogP contribution in [0.5, 0.6) is 0 Å². The molecule has 4 N–H and O–H groups in total. The molecule has 2 fully saturated rings. The molecule has 2 amide bonds. The molecule has 0 saturated carbocycles. The number of hydrogen-bond acceptors (Lipinski definition) is 6. The average molecular weight is 401 g/mol. The molecule has 0 aliphatic carbocycles. The van der Waals surface area contributed by atoms with Crippen molar-refractivity contribution in [2.24, 2.45) is 11.8 Å². The molecule has 8 nitrogen and oxygen atoms in total. The molecule has 0 aromatic rings. The molecular weight excluding hydrogens is 360 g/mol. The fourth-order valence-corrected chi connectivity index (χ4v) is 2.92. The molecule has 2 heterocycles. The van der Waals surface area contributed by atoms with Crippen molar-refractivity contribution in [2.75, 3.05) is 26.2 Å². The molecule has 28 heavy (non-hydrogen) atoms. The summed E-state index contributed by atoms with van der Waals surface area (Å²) >= 11 is 0. The topological polar surface area (TPSA) is 101 Å². The third-order valence-electron chi connectivity index (χ3n) is 4.44. The van der Waals surface area contributed by atoms with Gasteiger partial charge in [-0.25, -0.2) is 9.59 Å². The Kier molecular flexibility index (Phi) is 9.01. The quantitative estimate of drug-likeness (QED) is 0.567. The van der Waals surface area contributed by atoms with Crippen molar-refractivity contribution in [3.05, 3.63) is 0 Å². The minimum absolute atomic E-state index is 0.199. The number of alkyl carbamates (subject to hydrolysis) is 2. The SMILES string of the molecule is C[C@@H]1CNC[C@H]1NC(=O)OC(C)(C)C.C[C@H]1CNC[C@@H]1NC(=O)OC(C)(C)C. The van der Waals surface area contributed by atoms with Gasteiger partial charge in [0.25, 0.3) is 0 Å². The number of rotatable bonds is 2. The van der Waals surface area contributed by atoms with E-state index in [0.717, 1.165) is 26.2 Å². The van der Waals surface area contributed by atoms with Gasteiger partial charge in [0.2, 0.25) is 0 Å². The summed E-state index contributed by atoms with van der Waals surface area (Å²) in [5.74, 6) is 0.949. The van der Waals surface area contributed by atoms with Gasteiger partial charge in [-0.2, -0.15) is 0 Å². The van der Waals surface area contributed by atoms with E-state index in [9.17, 15) is 9.59 Å². The maximum absolute atomic E-state index is 11.4. The minimum Gasteiger partial charge on any atom is -0.444 e. The average Bonchev–Trinajstić information content (AvgIpc) is 3.05. The Bertz CT molecular complexity index is 467. The van der Waals surface area contributed by atoms with Crippen LogP contribution >= 0.6 is 0 Å². The van der Waals surface area contributed by atoms with Crippen molar-refractivity contribution in [1.29, 1.82) is 0 Å². The van der Waals surface area contributed by atoms with Crippen LogP contribution in [0.4, 0.5) is 9.59 Å². The number of amides is 2. The molecular formula is C20H40N4O4. The lowest BCUT2D eigenvalue weighted by atomic mass is 10.1. The van der Waals surface area contributed by atoms with Gasteiger partial charge in [-0.3, -0.25) is 0 Å². The molecule has 0 aromatic carbocycles. The van der Waals surface area contributed by atoms with Gasteiger partial charge >= 0.3 is 12.2 Å². The van der Waals surface area contributed by atoms with Crippen LogP contribution in [0.1, 0.15) is 55.4 Å². The first-order valence-corrected chi connectivity index (χ1v) is 10.2. The Morgan fingerprint density at radius 2 is 1.04 bits per heavy atom. The third kappa shape index (κ3) is 10.1. The van der Waals surface area contributed by atoms with Gasteiger partial charge in [0.05, 0.1) is 0 Å². The highest BCUT2D eigenvalue weighted by Gasteiger charge is 2.27. The Balaban J connectivity index is 0.000000280. The van der Waals surface area contributed by atoms with Crippen LogP contribution in [0.2, 0.25) is 0 Å². The van der Waals surface area contributed by atoms with E-state index >= 15 is 0 Å². The molecule has 0 spiro atoms. The van der Waals surface area contributed by atoms with E-state index in [4.69, 9.17) is 9.47 Å². The monoisotopic (exact) mass is 400 g/mol. The standard InChI is InChI=1S/2C10H20N2O2/c2*1-7-5-11-6-8(7)12-9(13)14-10(2,3)4/h2*7-8,11H,5-6H2,1-4H3,(H,12,13)/t2*7-,8-/m10/s1. The zero-order chi connectivity index (χ0) is 21.5. The minimum atomic E-state index is -0.417. The van der Waals surface area contributed by atoms with Crippen molar-refractivity contribution in [1.82, 2.24) is 21.3 Å². The summed E-state index contributed by atoms with van der Waals surface area (Å²) in [5, 5.41) is 12.2. The van der Waals surface area contributed by atoms with E-state index in [1.54, 1.807) is 0 Å². The van der Waals surface area contributed by atoms with Crippen LogP contribution in [-0.2, 0) is 9.47 Å². The van der Waals surface area contributed by atoms with E-state index in [-0.39, 0.29) is 24.3 Å². The van der Waals surface area contributed by atoms with E-state index in [1.165, 1.54) is 0 Å². The summed E-state index contributed by atoms with van der Waals surface area (Å²) in [4.78, 5) is 22.8. The van der Waals surface area contributed by atoms with Gasteiger partial charge in [0.15, 0.2) is 0 Å². The summed E-state index contributed by atoms with van der Waals surface area (Å²) in [6, 6.07) is 0.398. The summed E-state index contributed by atoms with van der Waals surface area (Å²) in [6.45, 7) is 19.0. The molecule has 0 unspecified atom stereocenters. The maximum atomic E-state index is 11.4. The molecule has 0 aromatic heterocycles. The maximum Gasteiger partial charge on any atom is 0.407 e. The van der Waals surface area contributed by atoms with E-state index in [1.807, 2.05) is 41.5 Å². The highest BCUT2D eigenvalue weighted by atomic mass is 16.6. The molecule has 8 heteroatoms. The number of hydrogen-bond donors (Lipinski definition) is 4. The molecule has 2 rings (SSSR count). The number of ether oxygens (including phenoxy) is 2. The highest BCUT2D eigenvalue weighted by Crippen LogP contribution is 2.11. The fourth-order valence-electron chi connectivity index (χ4n) is 2.92. The second kappa shape index (κ2) is 10.3. The van der Waals surface area contributed by atoms with Gasteiger partial charge in [-0.05, 0) is 66.5 Å². The first-order valence-electron chi connectivity index (χ1n) is 10.2. The molecule has 0 bridgehead atoms. The van der Waals surface area contributed by atoms with E-state index < -0.39 is 11.2 Å². The van der Waals surface area contributed by atoms with Gasteiger partial charge < -0.3 is 30.7 Å². The molecule has 2 aliphatic rings. The van der Waals surface area contributed by atoms with Crippen molar-refractivity contribution in [3.63, 3.8) is 0 Å². The van der Waals surface area contributed by atoms with Crippen LogP contribution in [0.15, 0.2) is 0 Å². The zero-order valence-electron chi connectivity index (χ0n) is 18.8. The molecule has 4 atom stereocenters. The Morgan fingerprint density at radius 3 is 1.25 bits per heavy atom. The van der Waals surface area contributed by atoms with Crippen LogP contribution in [0, 0.1) is 11.8 Å². The Morgan fingerprint density at radius 1 is 0.714 bits per heavy atom. The lowest BCUT2D eigenvalue weighted by Crippen LogP contribution is -2.42. The second-order valence-electron chi connectivity index (χ2n) is 9.78. The van der Waals surface area contributed by atoms with Crippen LogP contribution in [0.25, 0.3) is 0 Å². The fraction of sp³-hybridized carbons (Fsp3) is 0.900. The van der Waals surface area contributed by atoms with Crippen molar-refractivity contribution in [3.8, 4) is 0 Å². The van der Waals surface area contributed by atoms with Crippen molar-refractivity contribution < 1.29 is 19.1 Å². The van der Waals surface area contributed by atoms with Crippen LogP contribution in [0.3, 0.4) is 0 Å². The van der Waals surface area contributed by atoms with Gasteiger partial charge in [0, 0.05) is 25.2 Å². The Labute approximate surface area is 169 Å². The number of carbonyl (C=O) groups excluding carboxylic acids is 2. The summed E-state index contributed by atoms with van der Waals surface area (Å²) in [6.07, 6.45) is -0.642. The summed E-state index contributed by atoms with van der Waals surface area (Å²) in [5.41, 5.74) is -0.835. The van der Waals surface area contributed by atoms with Crippen LogP contribution in [-0.4, -0.2) is 61.7 Å². The predicted molar refractivity (Wildman–Crippen MR) is 110 cm³/mol. The van der Waals surface area contributed by atoms with Gasteiger partial charge in [-0.15, -0.1) is 0 Å². The summed E-state index contributed by atoms with van der Waals surface area (Å²) < 4.78 is 10.3. The van der Waals surface area contributed by atoms with Gasteiger partial charge in [-0.1, -0.05) is 13.8 Å². The normalized spacial score (nSPS) is 27.4. The lowest BCUT2D eigenvalue weighted by molar-refractivity contribution is 0.0487. The molecule has 164 valence electrons. The smallest absolute Gasteiger partial charge is 0.407 e. The first kappa shape index (κ1) is 24.5. The summed E-state index contributed by atoms with van der Waals surface area (Å²) in [7, 11) is 0. The van der Waals surface area contributed by atoms with E-state index in [2.05, 4.69) is 35.1 Å². The first-order chi connectivity index (χ1) is 12.8.